The maximum Gasteiger partial charge on any atom is 0.291 e. The molecule has 1 amide bonds. The van der Waals surface area contributed by atoms with E-state index < -0.39 is 6.04 Å². The fraction of sp³-hybridized carbons (Fsp3) is 0.250. The first-order valence-corrected chi connectivity index (χ1v) is 9.68. The molecule has 1 N–H and O–H groups in total. The van der Waals surface area contributed by atoms with Gasteiger partial charge >= 0.3 is 0 Å². The molecule has 138 valence electrons. The molecule has 0 spiro atoms. The van der Waals surface area contributed by atoms with Gasteiger partial charge in [-0.3, -0.25) is 14.0 Å². The number of nitrogens with zero attached hydrogens (tertiary/aromatic N) is 3. The van der Waals surface area contributed by atoms with Gasteiger partial charge in [0.05, 0.1) is 16.3 Å². The number of rotatable bonds is 4. The second kappa shape index (κ2) is 6.66. The highest BCUT2D eigenvalue weighted by Gasteiger charge is 2.22. The lowest BCUT2D eigenvalue weighted by molar-refractivity contribution is -0.124. The first-order chi connectivity index (χ1) is 13.0. The van der Waals surface area contributed by atoms with Gasteiger partial charge in [-0.1, -0.05) is 30.3 Å². The van der Waals surface area contributed by atoms with E-state index in [1.165, 1.54) is 4.68 Å². The Labute approximate surface area is 160 Å². The predicted octanol–water partition coefficient (Wildman–Crippen LogP) is 3.46. The number of thiophene rings is 1. The average Bonchev–Trinajstić information content (AvgIpc) is 3.26. The summed E-state index contributed by atoms with van der Waals surface area (Å²) in [7, 11) is 0. The summed E-state index contributed by atoms with van der Waals surface area (Å²) in [6, 6.07) is 12.7. The Morgan fingerprint density at radius 2 is 1.89 bits per heavy atom. The number of hydrogen-bond donors (Lipinski definition) is 1. The van der Waals surface area contributed by atoms with Crippen molar-refractivity contribution in [1.82, 2.24) is 19.5 Å². The number of fused-ring (bicyclic) bond motifs is 3. The minimum absolute atomic E-state index is 0.152. The monoisotopic (exact) mass is 380 g/mol. The van der Waals surface area contributed by atoms with Gasteiger partial charge in [-0.25, -0.2) is 4.68 Å². The lowest BCUT2D eigenvalue weighted by atomic mass is 10.1. The van der Waals surface area contributed by atoms with E-state index in [4.69, 9.17) is 0 Å². The average molecular weight is 380 g/mol. The molecule has 3 aromatic heterocycles. The van der Waals surface area contributed by atoms with Gasteiger partial charge in [-0.15, -0.1) is 11.3 Å². The van der Waals surface area contributed by atoms with Crippen molar-refractivity contribution in [2.45, 2.75) is 32.9 Å². The van der Waals surface area contributed by atoms with E-state index in [2.05, 4.69) is 10.4 Å². The minimum Gasteiger partial charge on any atom is -0.348 e. The minimum atomic E-state index is -0.708. The van der Waals surface area contributed by atoms with Crippen molar-refractivity contribution in [2.24, 2.45) is 0 Å². The number of nitrogens with one attached hydrogen (secondary N) is 1. The molecule has 27 heavy (non-hydrogen) atoms. The number of carbonyl (C=O) groups excluding carboxylic acids is 1. The summed E-state index contributed by atoms with van der Waals surface area (Å²) < 4.78 is 4.16. The number of benzene rings is 1. The largest absolute Gasteiger partial charge is 0.348 e. The highest BCUT2D eigenvalue weighted by molar-refractivity contribution is 7.17. The topological polar surface area (TPSA) is 68.4 Å². The molecule has 0 unspecified atom stereocenters. The summed E-state index contributed by atoms with van der Waals surface area (Å²) in [6.45, 7) is 5.46. The first kappa shape index (κ1) is 17.5. The summed E-state index contributed by atoms with van der Waals surface area (Å²) in [5.41, 5.74) is 2.26. The second-order valence-electron chi connectivity index (χ2n) is 6.65. The van der Waals surface area contributed by atoms with Crippen LogP contribution in [0.5, 0.6) is 0 Å². The molecule has 0 bridgehead atoms. The van der Waals surface area contributed by atoms with Crippen molar-refractivity contribution in [3.8, 4) is 0 Å². The molecule has 7 heteroatoms. The van der Waals surface area contributed by atoms with Crippen LogP contribution in [-0.2, 0) is 4.79 Å². The van der Waals surface area contributed by atoms with Crippen LogP contribution in [0, 0.1) is 6.92 Å². The summed E-state index contributed by atoms with van der Waals surface area (Å²) in [4.78, 5) is 25.7. The van der Waals surface area contributed by atoms with Crippen molar-refractivity contribution in [1.29, 1.82) is 0 Å². The number of aryl methyl sites for hydroxylation is 1. The Morgan fingerprint density at radius 1 is 1.15 bits per heavy atom. The van der Waals surface area contributed by atoms with Gasteiger partial charge in [0.2, 0.25) is 5.91 Å². The van der Waals surface area contributed by atoms with E-state index in [0.717, 1.165) is 15.8 Å². The molecule has 4 aromatic rings. The predicted molar refractivity (Wildman–Crippen MR) is 107 cm³/mol. The molecule has 3 heterocycles. The Bertz CT molecular complexity index is 1190. The van der Waals surface area contributed by atoms with Crippen molar-refractivity contribution in [3.05, 3.63) is 69.6 Å². The third-order valence-electron chi connectivity index (χ3n) is 4.83. The van der Waals surface area contributed by atoms with Crippen LogP contribution < -0.4 is 10.9 Å². The van der Waals surface area contributed by atoms with Crippen LogP contribution in [0.1, 0.15) is 37.3 Å². The van der Waals surface area contributed by atoms with Crippen LogP contribution >= 0.6 is 11.3 Å². The SMILES string of the molecule is Cc1nn([C@@H](C)C(=O)N[C@@H](C)c2ccccc2)c(=O)c2cc3sccc3n12. The van der Waals surface area contributed by atoms with Crippen molar-refractivity contribution in [2.75, 3.05) is 0 Å². The molecule has 4 rings (SSSR count). The van der Waals surface area contributed by atoms with E-state index >= 15 is 0 Å². The zero-order valence-electron chi connectivity index (χ0n) is 15.3. The number of carbonyl (C=O) groups is 1. The smallest absolute Gasteiger partial charge is 0.291 e. The zero-order chi connectivity index (χ0) is 19.1. The van der Waals surface area contributed by atoms with E-state index in [1.807, 2.05) is 66.1 Å². The van der Waals surface area contributed by atoms with Crippen LogP contribution in [0.3, 0.4) is 0 Å². The van der Waals surface area contributed by atoms with E-state index in [0.29, 0.717) is 11.3 Å². The summed E-state index contributed by atoms with van der Waals surface area (Å²) in [5.74, 6) is 0.437. The molecular weight excluding hydrogens is 360 g/mol. The number of hydrogen-bond acceptors (Lipinski definition) is 4. The quantitative estimate of drug-likeness (QED) is 0.590. The van der Waals surface area contributed by atoms with Crippen LogP contribution in [0.15, 0.2) is 52.6 Å². The Hall–Kier alpha value is -2.93. The first-order valence-electron chi connectivity index (χ1n) is 8.81. The molecule has 2 atom stereocenters. The lowest BCUT2D eigenvalue weighted by Gasteiger charge is -2.19. The molecule has 0 fully saturated rings. The van der Waals surface area contributed by atoms with Crippen LogP contribution in [0.4, 0.5) is 0 Å². The van der Waals surface area contributed by atoms with Gasteiger partial charge in [-0.2, -0.15) is 5.10 Å². The Kier molecular flexibility index (Phi) is 4.31. The second-order valence-corrected chi connectivity index (χ2v) is 7.60. The molecule has 6 nitrogen and oxygen atoms in total. The van der Waals surface area contributed by atoms with E-state index in [1.54, 1.807) is 18.3 Å². The lowest BCUT2D eigenvalue weighted by Crippen LogP contribution is -2.39. The fourth-order valence-corrected chi connectivity index (χ4v) is 4.13. The van der Waals surface area contributed by atoms with Crippen LogP contribution in [0.25, 0.3) is 15.7 Å². The van der Waals surface area contributed by atoms with Gasteiger partial charge in [0.15, 0.2) is 0 Å². The molecule has 1 aromatic carbocycles. The van der Waals surface area contributed by atoms with Gasteiger partial charge in [0.25, 0.3) is 5.56 Å². The molecule has 0 radical (unpaired) electrons. The maximum atomic E-state index is 13.0. The highest BCUT2D eigenvalue weighted by atomic mass is 32.1. The number of amides is 1. The third-order valence-corrected chi connectivity index (χ3v) is 5.68. The molecule has 0 aliphatic rings. The van der Waals surface area contributed by atoms with Gasteiger partial charge in [-0.05, 0) is 43.8 Å². The third kappa shape index (κ3) is 2.94. The Morgan fingerprint density at radius 3 is 2.63 bits per heavy atom. The molecule has 0 saturated carbocycles. The van der Waals surface area contributed by atoms with E-state index in [-0.39, 0.29) is 17.5 Å². The standard InChI is InChI=1S/C20H20N4O2S/c1-12(15-7-5-4-6-8-15)21-19(25)13(2)24-20(26)17-11-18-16(9-10-27-18)23(17)14(3)22-24/h4-13H,1-3H3,(H,21,25)/t12-,13-/m0/s1. The van der Waals surface area contributed by atoms with Crippen molar-refractivity contribution < 1.29 is 4.79 Å². The van der Waals surface area contributed by atoms with Crippen LogP contribution in [-0.4, -0.2) is 20.1 Å². The normalized spacial score (nSPS) is 13.7. The van der Waals surface area contributed by atoms with Gasteiger partial charge < -0.3 is 5.32 Å². The number of aromatic nitrogens is 3. The molecule has 0 aliphatic heterocycles. The molecular formula is C20H20N4O2S. The van der Waals surface area contributed by atoms with Crippen molar-refractivity contribution in [3.63, 3.8) is 0 Å². The summed E-state index contributed by atoms with van der Waals surface area (Å²) >= 11 is 1.58. The van der Waals surface area contributed by atoms with Gasteiger partial charge in [0, 0.05) is 0 Å². The summed E-state index contributed by atoms with van der Waals surface area (Å²) in [5, 5.41) is 9.37. The van der Waals surface area contributed by atoms with Crippen molar-refractivity contribution >= 4 is 33.0 Å². The maximum absolute atomic E-state index is 13.0. The molecule has 0 aliphatic carbocycles. The van der Waals surface area contributed by atoms with Gasteiger partial charge in [0.1, 0.15) is 17.4 Å². The van der Waals surface area contributed by atoms with E-state index in [9.17, 15) is 9.59 Å². The zero-order valence-corrected chi connectivity index (χ0v) is 16.2. The van der Waals surface area contributed by atoms with Crippen LogP contribution in [0.2, 0.25) is 0 Å². The molecule has 0 saturated heterocycles. The highest BCUT2D eigenvalue weighted by Crippen LogP contribution is 2.24. The summed E-state index contributed by atoms with van der Waals surface area (Å²) in [6.07, 6.45) is 0. The Balaban J connectivity index is 1.68. The fourth-order valence-electron chi connectivity index (χ4n) is 3.33.